The molecule has 2 heterocycles. The Bertz CT molecular complexity index is 634. The fourth-order valence-electron chi connectivity index (χ4n) is 2.05. The van der Waals surface area contributed by atoms with Gasteiger partial charge in [0.25, 0.3) is 11.7 Å². The molecule has 1 aliphatic heterocycles. The second kappa shape index (κ2) is 4.03. The molecule has 0 aliphatic carbocycles. The van der Waals surface area contributed by atoms with E-state index >= 15 is 0 Å². The number of hydrogen-bond acceptors (Lipinski definition) is 4. The summed E-state index contributed by atoms with van der Waals surface area (Å²) in [6.45, 7) is 2.26. The normalized spacial score (nSPS) is 14.2. The number of aromatic nitrogens is 1. The molecule has 0 atom stereocenters. The van der Waals surface area contributed by atoms with Crippen LogP contribution in [0.1, 0.15) is 21.6 Å². The summed E-state index contributed by atoms with van der Waals surface area (Å²) in [4.78, 5) is 29.5. The zero-order valence-electron chi connectivity index (χ0n) is 9.71. The highest BCUT2D eigenvalue weighted by Crippen LogP contribution is 2.30. The van der Waals surface area contributed by atoms with E-state index in [2.05, 4.69) is 4.98 Å². The molecule has 1 aliphatic rings. The largest absolute Gasteiger partial charge is 0.299 e. The molecule has 90 valence electrons. The molecule has 0 radical (unpaired) electrons. The van der Waals surface area contributed by atoms with Gasteiger partial charge in [0.05, 0.1) is 29.0 Å². The van der Waals surface area contributed by atoms with Crippen molar-refractivity contribution in [2.75, 3.05) is 4.90 Å². The van der Waals surface area contributed by atoms with E-state index in [1.54, 1.807) is 11.6 Å². The van der Waals surface area contributed by atoms with Crippen LogP contribution in [-0.4, -0.2) is 16.7 Å². The summed E-state index contributed by atoms with van der Waals surface area (Å²) >= 11 is 1.47. The molecule has 5 heteroatoms. The van der Waals surface area contributed by atoms with Gasteiger partial charge in [-0.2, -0.15) is 0 Å². The first-order chi connectivity index (χ1) is 8.66. The van der Waals surface area contributed by atoms with Crippen LogP contribution >= 0.6 is 11.3 Å². The van der Waals surface area contributed by atoms with Gasteiger partial charge in [-0.25, -0.2) is 4.98 Å². The number of amides is 1. The first-order valence-corrected chi connectivity index (χ1v) is 6.45. The van der Waals surface area contributed by atoms with Gasteiger partial charge < -0.3 is 0 Å². The predicted octanol–water partition coefficient (Wildman–Crippen LogP) is 2.18. The number of anilines is 1. The highest BCUT2D eigenvalue weighted by Gasteiger charge is 2.35. The minimum absolute atomic E-state index is 0.351. The van der Waals surface area contributed by atoms with Gasteiger partial charge in [-0.3, -0.25) is 14.5 Å². The Morgan fingerprint density at radius 2 is 2.17 bits per heavy atom. The maximum atomic E-state index is 12.0. The Morgan fingerprint density at radius 1 is 1.33 bits per heavy atom. The van der Waals surface area contributed by atoms with Crippen LogP contribution in [-0.2, 0) is 11.3 Å². The number of hydrogen-bond donors (Lipinski definition) is 0. The fourth-order valence-corrected chi connectivity index (χ4v) is 2.60. The average Bonchev–Trinajstić information content (AvgIpc) is 2.94. The summed E-state index contributed by atoms with van der Waals surface area (Å²) in [5, 5.41) is 1.88. The van der Waals surface area contributed by atoms with Crippen molar-refractivity contribution >= 4 is 28.7 Å². The predicted molar refractivity (Wildman–Crippen MR) is 68.8 cm³/mol. The fraction of sp³-hybridized carbons (Fsp3) is 0.154. The van der Waals surface area contributed by atoms with E-state index in [0.29, 0.717) is 17.8 Å². The SMILES string of the molecule is Cc1ccc2c(c1)C(=O)C(=O)N2Cc1cscn1. The van der Waals surface area contributed by atoms with Crippen LogP contribution in [0.4, 0.5) is 5.69 Å². The lowest BCUT2D eigenvalue weighted by molar-refractivity contribution is -0.114. The molecular weight excluding hydrogens is 248 g/mol. The van der Waals surface area contributed by atoms with E-state index in [1.807, 2.05) is 24.4 Å². The molecule has 0 fully saturated rings. The van der Waals surface area contributed by atoms with Crippen molar-refractivity contribution in [3.8, 4) is 0 Å². The molecule has 0 unspecified atom stereocenters. The molecule has 4 nitrogen and oxygen atoms in total. The van der Waals surface area contributed by atoms with Gasteiger partial charge in [-0.15, -0.1) is 11.3 Å². The number of Topliss-reactive ketones (excluding diaryl/α,β-unsaturated/α-hetero) is 1. The number of fused-ring (bicyclic) bond motifs is 1. The summed E-state index contributed by atoms with van der Waals surface area (Å²) in [5.41, 5.74) is 4.67. The molecule has 0 N–H and O–H groups in total. The minimum Gasteiger partial charge on any atom is -0.299 e. The van der Waals surface area contributed by atoms with Crippen molar-refractivity contribution < 1.29 is 9.59 Å². The number of carbonyl (C=O) groups is 2. The number of aryl methyl sites for hydroxylation is 1. The molecule has 1 aromatic heterocycles. The lowest BCUT2D eigenvalue weighted by atomic mass is 10.1. The number of nitrogens with zero attached hydrogens (tertiary/aromatic N) is 2. The summed E-state index contributed by atoms with van der Waals surface area (Å²) < 4.78 is 0. The van der Waals surface area contributed by atoms with E-state index in [4.69, 9.17) is 0 Å². The Hall–Kier alpha value is -2.01. The van der Waals surface area contributed by atoms with Crippen molar-refractivity contribution in [3.63, 3.8) is 0 Å². The van der Waals surface area contributed by atoms with Gasteiger partial charge in [-0.05, 0) is 19.1 Å². The third kappa shape index (κ3) is 1.64. The molecule has 1 aromatic carbocycles. The Kier molecular flexibility index (Phi) is 2.48. The van der Waals surface area contributed by atoms with E-state index in [9.17, 15) is 9.59 Å². The van der Waals surface area contributed by atoms with Gasteiger partial charge in [0.15, 0.2) is 0 Å². The highest BCUT2D eigenvalue weighted by molar-refractivity contribution is 7.07. The van der Waals surface area contributed by atoms with E-state index < -0.39 is 11.7 Å². The van der Waals surface area contributed by atoms with E-state index in [1.165, 1.54) is 16.2 Å². The van der Waals surface area contributed by atoms with Crippen LogP contribution < -0.4 is 4.90 Å². The summed E-state index contributed by atoms with van der Waals surface area (Å²) in [5.74, 6) is -0.896. The first kappa shape index (κ1) is 11.1. The van der Waals surface area contributed by atoms with Gasteiger partial charge in [0.2, 0.25) is 0 Å². The number of ketones is 1. The minimum atomic E-state index is -0.469. The molecular formula is C13H10N2O2S. The number of benzene rings is 1. The quantitative estimate of drug-likeness (QED) is 0.776. The number of thiazole rings is 1. The Morgan fingerprint density at radius 3 is 2.89 bits per heavy atom. The van der Waals surface area contributed by atoms with Crippen molar-refractivity contribution in [1.82, 2.24) is 4.98 Å². The molecule has 0 saturated carbocycles. The maximum Gasteiger partial charge on any atom is 0.299 e. The van der Waals surface area contributed by atoms with Crippen LogP contribution in [0.15, 0.2) is 29.1 Å². The van der Waals surface area contributed by atoms with Crippen molar-refractivity contribution in [1.29, 1.82) is 0 Å². The van der Waals surface area contributed by atoms with Crippen LogP contribution in [0.25, 0.3) is 0 Å². The number of carbonyl (C=O) groups excluding carboxylic acids is 2. The summed E-state index contributed by atoms with van der Waals surface area (Å²) in [7, 11) is 0. The smallest absolute Gasteiger partial charge is 0.299 e. The Labute approximate surface area is 108 Å². The lowest BCUT2D eigenvalue weighted by Gasteiger charge is -2.14. The van der Waals surface area contributed by atoms with E-state index in [0.717, 1.165) is 11.3 Å². The number of rotatable bonds is 2. The zero-order valence-corrected chi connectivity index (χ0v) is 10.5. The van der Waals surface area contributed by atoms with Gasteiger partial charge in [0.1, 0.15) is 0 Å². The molecule has 0 bridgehead atoms. The summed E-state index contributed by atoms with van der Waals surface area (Å²) in [6.07, 6.45) is 0. The van der Waals surface area contributed by atoms with Crippen LogP contribution in [0.2, 0.25) is 0 Å². The van der Waals surface area contributed by atoms with Crippen molar-refractivity contribution in [3.05, 3.63) is 45.9 Å². The standard InChI is InChI=1S/C13H10N2O2S/c1-8-2-3-11-10(4-8)12(16)13(17)15(11)5-9-6-18-7-14-9/h2-4,6-7H,5H2,1H3. The Balaban J connectivity index is 2.02. The third-order valence-corrected chi connectivity index (χ3v) is 3.57. The van der Waals surface area contributed by atoms with Crippen LogP contribution in [0.3, 0.4) is 0 Å². The first-order valence-electron chi connectivity index (χ1n) is 5.51. The highest BCUT2D eigenvalue weighted by atomic mass is 32.1. The topological polar surface area (TPSA) is 50.3 Å². The molecule has 2 aromatic rings. The molecule has 0 spiro atoms. The molecule has 3 rings (SSSR count). The lowest BCUT2D eigenvalue weighted by Crippen LogP contribution is -2.29. The second-order valence-corrected chi connectivity index (χ2v) is 4.94. The van der Waals surface area contributed by atoms with Gasteiger partial charge in [-0.1, -0.05) is 11.6 Å². The summed E-state index contributed by atoms with van der Waals surface area (Å²) in [6, 6.07) is 5.48. The van der Waals surface area contributed by atoms with E-state index in [-0.39, 0.29) is 0 Å². The third-order valence-electron chi connectivity index (χ3n) is 2.93. The van der Waals surface area contributed by atoms with Crippen molar-refractivity contribution in [2.24, 2.45) is 0 Å². The van der Waals surface area contributed by atoms with Gasteiger partial charge >= 0.3 is 0 Å². The monoisotopic (exact) mass is 258 g/mol. The molecule has 18 heavy (non-hydrogen) atoms. The average molecular weight is 258 g/mol. The second-order valence-electron chi connectivity index (χ2n) is 4.22. The van der Waals surface area contributed by atoms with Crippen molar-refractivity contribution in [2.45, 2.75) is 13.5 Å². The zero-order chi connectivity index (χ0) is 12.7. The maximum absolute atomic E-state index is 12.0. The van der Waals surface area contributed by atoms with Crippen LogP contribution in [0, 0.1) is 6.92 Å². The van der Waals surface area contributed by atoms with Gasteiger partial charge in [0, 0.05) is 5.38 Å². The molecule has 0 saturated heterocycles. The molecule has 1 amide bonds. The van der Waals surface area contributed by atoms with Crippen LogP contribution in [0.5, 0.6) is 0 Å².